The van der Waals surface area contributed by atoms with Crippen molar-refractivity contribution in [2.75, 3.05) is 0 Å². The SMILES string of the molecule is CCC[n+]1c2ccc3c(=O)c4ccccc4c(=O)c3c2[n+](CCC)c2ccc3c(=O)c4ccccc4c(=O)c3c21. The van der Waals surface area contributed by atoms with E-state index in [2.05, 4.69) is 23.0 Å². The minimum absolute atomic E-state index is 0.167. The summed E-state index contributed by atoms with van der Waals surface area (Å²) in [4.78, 5) is 55.2. The van der Waals surface area contributed by atoms with Gasteiger partial charge in [0.15, 0.2) is 10.9 Å². The summed E-state index contributed by atoms with van der Waals surface area (Å²) >= 11 is 0. The summed E-state index contributed by atoms with van der Waals surface area (Å²) in [6.07, 6.45) is 1.53. The molecule has 6 heteroatoms. The van der Waals surface area contributed by atoms with E-state index in [1.54, 1.807) is 60.7 Å². The second kappa shape index (κ2) is 8.85. The van der Waals surface area contributed by atoms with Crippen LogP contribution in [0.15, 0.2) is 92.0 Å². The Hall–Kier alpha value is -4.84. The molecule has 0 aliphatic rings. The lowest BCUT2D eigenvalue weighted by Gasteiger charge is -2.10. The first-order valence-corrected chi connectivity index (χ1v) is 13.7. The van der Waals surface area contributed by atoms with Crippen molar-refractivity contribution in [1.29, 1.82) is 0 Å². The van der Waals surface area contributed by atoms with E-state index in [-0.39, 0.29) is 21.7 Å². The van der Waals surface area contributed by atoms with Crippen LogP contribution < -0.4 is 30.8 Å². The quantitative estimate of drug-likeness (QED) is 0.195. The van der Waals surface area contributed by atoms with E-state index in [4.69, 9.17) is 0 Å². The van der Waals surface area contributed by atoms with Gasteiger partial charge in [-0.15, -0.1) is 0 Å². The molecule has 0 aliphatic carbocycles. The minimum atomic E-state index is -0.179. The molecule has 0 N–H and O–H groups in total. The highest BCUT2D eigenvalue weighted by Crippen LogP contribution is 2.25. The summed E-state index contributed by atoms with van der Waals surface area (Å²) < 4.78 is 4.13. The number of aromatic nitrogens is 2. The highest BCUT2D eigenvalue weighted by Gasteiger charge is 2.33. The number of hydrogen-bond acceptors (Lipinski definition) is 4. The molecule has 0 bridgehead atoms. The third-order valence-corrected chi connectivity index (χ3v) is 8.11. The van der Waals surface area contributed by atoms with Gasteiger partial charge in [-0.3, -0.25) is 19.2 Å². The van der Waals surface area contributed by atoms with Gasteiger partial charge in [0.2, 0.25) is 10.9 Å². The molecular weight excluding hydrogens is 500 g/mol. The van der Waals surface area contributed by atoms with Crippen LogP contribution in [0.5, 0.6) is 0 Å². The molecule has 0 saturated heterocycles. The van der Waals surface area contributed by atoms with Crippen LogP contribution in [-0.4, -0.2) is 0 Å². The van der Waals surface area contributed by atoms with E-state index < -0.39 is 0 Å². The first-order chi connectivity index (χ1) is 19.5. The minimum Gasteiger partial charge on any atom is -0.289 e. The van der Waals surface area contributed by atoms with Gasteiger partial charge in [0.25, 0.3) is 22.1 Å². The largest absolute Gasteiger partial charge is 0.290 e. The van der Waals surface area contributed by atoms with Crippen molar-refractivity contribution in [1.82, 2.24) is 0 Å². The van der Waals surface area contributed by atoms with Gasteiger partial charge >= 0.3 is 0 Å². The average molecular weight is 527 g/mol. The fourth-order valence-electron chi connectivity index (χ4n) is 6.45. The fraction of sp³-hybridized carbons (Fsp3) is 0.176. The molecule has 0 fully saturated rings. The zero-order valence-electron chi connectivity index (χ0n) is 22.3. The number of nitrogens with zero attached hydrogens (tertiary/aromatic N) is 2. The van der Waals surface area contributed by atoms with Crippen LogP contribution in [0.25, 0.3) is 65.2 Å². The van der Waals surface area contributed by atoms with Crippen LogP contribution in [0, 0.1) is 0 Å². The Morgan fingerprint density at radius 3 is 1.15 bits per heavy atom. The van der Waals surface area contributed by atoms with E-state index in [9.17, 15) is 19.2 Å². The van der Waals surface area contributed by atoms with Gasteiger partial charge in [0, 0.05) is 57.3 Å². The third kappa shape index (κ3) is 3.10. The van der Waals surface area contributed by atoms with Gasteiger partial charge < -0.3 is 0 Å². The van der Waals surface area contributed by atoms with Gasteiger partial charge in [-0.05, 0) is 12.1 Å². The predicted octanol–water partition coefficient (Wildman–Crippen LogP) is 4.32. The molecule has 7 aromatic rings. The Bertz CT molecular complexity index is 2260. The van der Waals surface area contributed by atoms with Crippen molar-refractivity contribution in [3.63, 3.8) is 0 Å². The van der Waals surface area contributed by atoms with Crippen molar-refractivity contribution in [3.05, 3.63) is 114 Å². The highest BCUT2D eigenvalue weighted by molar-refractivity contribution is 6.11. The van der Waals surface area contributed by atoms with E-state index >= 15 is 0 Å². The molecule has 1 heterocycles. The maximum Gasteiger partial charge on any atom is 0.290 e. The summed E-state index contributed by atoms with van der Waals surface area (Å²) in [5.41, 5.74) is 2.19. The van der Waals surface area contributed by atoms with Gasteiger partial charge in [0.05, 0.1) is 0 Å². The van der Waals surface area contributed by atoms with Gasteiger partial charge in [0.1, 0.15) is 23.9 Å². The second-order valence-electron chi connectivity index (χ2n) is 10.4. The molecule has 0 spiro atoms. The van der Waals surface area contributed by atoms with Crippen LogP contribution in [-0.2, 0) is 13.1 Å². The molecular formula is C34H26N2O4+2. The summed E-state index contributed by atoms with van der Waals surface area (Å²) in [5, 5.41) is 3.21. The number of benzene rings is 6. The molecule has 0 amide bonds. The van der Waals surface area contributed by atoms with Crippen molar-refractivity contribution in [2.45, 2.75) is 39.8 Å². The predicted molar refractivity (Wildman–Crippen MR) is 160 cm³/mol. The van der Waals surface area contributed by atoms with Gasteiger partial charge in [-0.2, -0.15) is 9.13 Å². The normalized spacial score (nSPS) is 12.1. The third-order valence-electron chi connectivity index (χ3n) is 8.11. The van der Waals surface area contributed by atoms with Crippen molar-refractivity contribution in [3.8, 4) is 0 Å². The Labute approximate surface area is 227 Å². The second-order valence-corrected chi connectivity index (χ2v) is 10.4. The van der Waals surface area contributed by atoms with E-state index in [0.717, 1.165) is 23.9 Å². The number of rotatable bonds is 4. The Morgan fingerprint density at radius 2 is 0.800 bits per heavy atom. The highest BCUT2D eigenvalue weighted by atomic mass is 16.1. The van der Waals surface area contributed by atoms with Crippen LogP contribution in [0.4, 0.5) is 0 Å². The Balaban J connectivity index is 1.84. The van der Waals surface area contributed by atoms with Crippen LogP contribution in [0.2, 0.25) is 0 Å². The standard InChI is InChI=1S/C34H26N2O4/c1-3-17-35-25-15-13-24-28(34(40)22-12-8-6-10-20(22)32(24)38)30(25)36(18-4-2)26-16-14-23-27(29(26)35)33(39)21-11-7-5-9-19(21)31(23)37/h5-16H,3-4,17-18H2,1-2H3/q+2. The number of hydrogen-bond donors (Lipinski definition) is 0. The van der Waals surface area contributed by atoms with Crippen LogP contribution >= 0.6 is 0 Å². The molecule has 0 aliphatic heterocycles. The van der Waals surface area contributed by atoms with Crippen LogP contribution in [0.3, 0.4) is 0 Å². The van der Waals surface area contributed by atoms with Gasteiger partial charge in [-0.1, -0.05) is 62.4 Å². The molecule has 7 rings (SSSR count). The lowest BCUT2D eigenvalue weighted by molar-refractivity contribution is -0.683. The number of fused-ring (bicyclic) bond motifs is 8. The zero-order valence-corrected chi connectivity index (χ0v) is 22.3. The average Bonchev–Trinajstić information content (AvgIpc) is 2.99. The van der Waals surface area contributed by atoms with Crippen molar-refractivity contribution in [2.24, 2.45) is 0 Å². The fourth-order valence-corrected chi connectivity index (χ4v) is 6.45. The maximum atomic E-state index is 14.0. The molecule has 6 aromatic carbocycles. The maximum absolute atomic E-state index is 14.0. The zero-order chi connectivity index (χ0) is 27.7. The molecule has 0 atom stereocenters. The molecule has 40 heavy (non-hydrogen) atoms. The van der Waals surface area contributed by atoms with Crippen molar-refractivity contribution >= 4 is 65.2 Å². The topological polar surface area (TPSA) is 76.0 Å². The lowest BCUT2D eigenvalue weighted by Crippen LogP contribution is -2.46. The molecule has 0 saturated carbocycles. The van der Waals surface area contributed by atoms with Crippen LogP contribution in [0.1, 0.15) is 26.7 Å². The summed E-state index contributed by atoms with van der Waals surface area (Å²) in [7, 11) is 0. The smallest absolute Gasteiger partial charge is 0.289 e. The Kier molecular flexibility index (Phi) is 5.36. The molecule has 1 aromatic heterocycles. The molecule has 6 nitrogen and oxygen atoms in total. The monoisotopic (exact) mass is 526 g/mol. The van der Waals surface area contributed by atoms with Gasteiger partial charge in [-0.25, -0.2) is 0 Å². The molecule has 194 valence electrons. The van der Waals surface area contributed by atoms with E-state index in [1.165, 1.54) is 0 Å². The lowest BCUT2D eigenvalue weighted by atomic mass is 9.98. The number of aryl methyl sites for hydroxylation is 2. The molecule has 0 radical (unpaired) electrons. The first-order valence-electron chi connectivity index (χ1n) is 13.7. The Morgan fingerprint density at radius 1 is 0.450 bits per heavy atom. The van der Waals surface area contributed by atoms with E-state index in [0.29, 0.717) is 67.2 Å². The van der Waals surface area contributed by atoms with Crippen molar-refractivity contribution < 1.29 is 9.13 Å². The summed E-state index contributed by atoms with van der Waals surface area (Å²) in [5.74, 6) is 0. The molecule has 0 unspecified atom stereocenters. The first kappa shape index (κ1) is 24.2. The summed E-state index contributed by atoms with van der Waals surface area (Å²) in [6.45, 7) is 5.24. The van der Waals surface area contributed by atoms with E-state index in [1.807, 2.05) is 12.1 Å². The summed E-state index contributed by atoms with van der Waals surface area (Å²) in [6, 6.07) is 21.2.